The minimum Gasteiger partial charge on any atom is -0.351 e. The molecule has 0 bridgehead atoms. The van der Waals surface area contributed by atoms with Gasteiger partial charge in [-0.3, -0.25) is 4.79 Å². The van der Waals surface area contributed by atoms with E-state index in [1.165, 1.54) is 36.5 Å². The summed E-state index contributed by atoms with van der Waals surface area (Å²) in [6.07, 6.45) is 0. The molecular formula is C15H23ClN2O5S2. The molecule has 0 fully saturated rings. The molecule has 0 aliphatic rings. The molecule has 1 aromatic rings. The zero-order chi connectivity index (χ0) is 19.4. The molecule has 0 saturated carbocycles. The van der Waals surface area contributed by atoms with Crippen molar-refractivity contribution in [2.24, 2.45) is 0 Å². The van der Waals surface area contributed by atoms with Crippen LogP contribution in [0.25, 0.3) is 0 Å². The number of nitrogens with one attached hydrogen (secondary N) is 1. The number of carbonyl (C=O) groups excluding carboxylic acids is 1. The molecule has 142 valence electrons. The van der Waals surface area contributed by atoms with Crippen molar-refractivity contribution in [3.05, 3.63) is 28.8 Å². The summed E-state index contributed by atoms with van der Waals surface area (Å²) in [5.74, 6) is -0.833. The van der Waals surface area contributed by atoms with E-state index in [0.29, 0.717) is 0 Å². The summed E-state index contributed by atoms with van der Waals surface area (Å²) >= 11 is 5.99. The van der Waals surface area contributed by atoms with Crippen LogP contribution in [0.15, 0.2) is 23.1 Å². The van der Waals surface area contributed by atoms with Gasteiger partial charge in [0.25, 0.3) is 5.91 Å². The Morgan fingerprint density at radius 2 is 1.84 bits per heavy atom. The lowest BCUT2D eigenvalue weighted by atomic mass is 10.2. The fourth-order valence-corrected chi connectivity index (χ4v) is 4.14. The van der Waals surface area contributed by atoms with E-state index >= 15 is 0 Å². The maximum absolute atomic E-state index is 12.5. The Kier molecular flexibility index (Phi) is 7.42. The molecule has 1 amide bonds. The van der Waals surface area contributed by atoms with Crippen molar-refractivity contribution < 1.29 is 21.6 Å². The van der Waals surface area contributed by atoms with Crippen molar-refractivity contribution in [3.63, 3.8) is 0 Å². The topological polar surface area (TPSA) is 101 Å². The highest BCUT2D eigenvalue weighted by Gasteiger charge is 2.25. The molecule has 0 radical (unpaired) electrons. The average Bonchev–Trinajstić information content (AvgIpc) is 2.53. The van der Waals surface area contributed by atoms with Gasteiger partial charge in [0.2, 0.25) is 10.0 Å². The third kappa shape index (κ3) is 5.67. The summed E-state index contributed by atoms with van der Waals surface area (Å²) in [5, 5.41) is 2.54. The van der Waals surface area contributed by atoms with E-state index < -0.39 is 25.8 Å². The van der Waals surface area contributed by atoms with Crippen LogP contribution in [0.3, 0.4) is 0 Å². The summed E-state index contributed by atoms with van der Waals surface area (Å²) < 4.78 is 49.1. The monoisotopic (exact) mass is 410 g/mol. The van der Waals surface area contributed by atoms with Crippen LogP contribution in [0.4, 0.5) is 0 Å². The Balaban J connectivity index is 3.04. The largest absolute Gasteiger partial charge is 0.351 e. The number of sulfone groups is 1. The Morgan fingerprint density at radius 1 is 1.24 bits per heavy atom. The van der Waals surface area contributed by atoms with Crippen molar-refractivity contribution in [2.75, 3.05) is 25.1 Å². The molecule has 7 nitrogen and oxygen atoms in total. The molecule has 1 aromatic carbocycles. The Labute approximate surface area is 154 Å². The third-order valence-corrected chi connectivity index (χ3v) is 7.79. The van der Waals surface area contributed by atoms with E-state index in [1.807, 2.05) is 0 Å². The van der Waals surface area contributed by atoms with Gasteiger partial charge in [0.1, 0.15) is 0 Å². The molecular weight excluding hydrogens is 388 g/mol. The normalized spacial score (nSPS) is 12.6. The van der Waals surface area contributed by atoms with E-state index in [1.54, 1.807) is 13.8 Å². The highest BCUT2D eigenvalue weighted by atomic mass is 35.5. The quantitative estimate of drug-likeness (QED) is 0.700. The van der Waals surface area contributed by atoms with Crippen molar-refractivity contribution >= 4 is 37.4 Å². The maximum Gasteiger partial charge on any atom is 0.252 e. The molecule has 10 heteroatoms. The minimum absolute atomic E-state index is 0.0150. The van der Waals surface area contributed by atoms with Crippen LogP contribution in [0, 0.1) is 0 Å². The van der Waals surface area contributed by atoms with Crippen LogP contribution >= 0.6 is 11.6 Å². The predicted molar refractivity (Wildman–Crippen MR) is 98.2 cm³/mol. The first-order valence-electron chi connectivity index (χ1n) is 7.68. The van der Waals surface area contributed by atoms with Gasteiger partial charge in [-0.1, -0.05) is 18.5 Å². The standard InChI is InChI=1S/C15H23ClN2O5S2/c1-5-24(20,21)9-8-17-15(19)13-10-12(6-7-14(13)16)25(22,23)18(4)11(2)3/h6-7,10-11H,5,8-9H2,1-4H3,(H,17,19). The second kappa shape index (κ2) is 8.48. The second-order valence-corrected chi connectivity index (χ2v) is 10.6. The number of hydrogen-bond acceptors (Lipinski definition) is 5. The Bertz CT molecular complexity index is 835. The van der Waals surface area contributed by atoms with Crippen LogP contribution in [-0.2, 0) is 19.9 Å². The molecule has 0 spiro atoms. The predicted octanol–water partition coefficient (Wildman–Crippen LogP) is 1.53. The molecule has 25 heavy (non-hydrogen) atoms. The highest BCUT2D eigenvalue weighted by molar-refractivity contribution is 7.91. The molecule has 1 N–H and O–H groups in total. The van der Waals surface area contributed by atoms with Crippen LogP contribution < -0.4 is 5.32 Å². The number of halogens is 1. The number of rotatable bonds is 8. The van der Waals surface area contributed by atoms with Gasteiger partial charge in [-0.2, -0.15) is 4.31 Å². The Morgan fingerprint density at radius 3 is 2.36 bits per heavy atom. The summed E-state index contributed by atoms with van der Waals surface area (Å²) in [6.45, 7) is 4.91. The number of hydrogen-bond donors (Lipinski definition) is 1. The van der Waals surface area contributed by atoms with Gasteiger partial charge in [0.05, 0.1) is 21.2 Å². The number of nitrogens with zero attached hydrogens (tertiary/aromatic N) is 1. The number of carbonyl (C=O) groups is 1. The Hall–Kier alpha value is -1.16. The maximum atomic E-state index is 12.5. The van der Waals surface area contributed by atoms with E-state index in [4.69, 9.17) is 11.6 Å². The summed E-state index contributed by atoms with van der Waals surface area (Å²) in [7, 11) is -5.52. The average molecular weight is 411 g/mol. The fourth-order valence-electron chi connectivity index (χ4n) is 1.84. The molecule has 1 rings (SSSR count). The summed E-state index contributed by atoms with van der Waals surface area (Å²) in [5.41, 5.74) is -0.0196. The SMILES string of the molecule is CCS(=O)(=O)CCNC(=O)c1cc(S(=O)(=O)N(C)C(C)C)ccc1Cl. The van der Waals surface area contributed by atoms with Crippen LogP contribution in [0.5, 0.6) is 0 Å². The first-order chi connectivity index (χ1) is 11.4. The number of sulfonamides is 1. The summed E-state index contributed by atoms with van der Waals surface area (Å²) in [4.78, 5) is 12.2. The molecule has 0 saturated heterocycles. The number of amides is 1. The van der Waals surface area contributed by atoms with Crippen molar-refractivity contribution in [1.82, 2.24) is 9.62 Å². The smallest absolute Gasteiger partial charge is 0.252 e. The molecule has 0 atom stereocenters. The lowest BCUT2D eigenvalue weighted by molar-refractivity contribution is 0.0956. The zero-order valence-corrected chi connectivity index (χ0v) is 17.0. The van der Waals surface area contributed by atoms with Crippen LogP contribution in [0.1, 0.15) is 31.1 Å². The van der Waals surface area contributed by atoms with E-state index in [0.717, 1.165) is 0 Å². The fraction of sp³-hybridized carbons (Fsp3) is 0.533. The van der Waals surface area contributed by atoms with Gasteiger partial charge in [0, 0.05) is 25.4 Å². The first-order valence-corrected chi connectivity index (χ1v) is 11.3. The first kappa shape index (κ1) is 21.9. The van der Waals surface area contributed by atoms with Crippen LogP contribution in [0.2, 0.25) is 5.02 Å². The van der Waals surface area contributed by atoms with Gasteiger partial charge in [-0.15, -0.1) is 0 Å². The van der Waals surface area contributed by atoms with Gasteiger partial charge < -0.3 is 5.32 Å². The van der Waals surface area contributed by atoms with Crippen molar-refractivity contribution in [3.8, 4) is 0 Å². The van der Waals surface area contributed by atoms with E-state index in [2.05, 4.69) is 5.32 Å². The van der Waals surface area contributed by atoms with E-state index in [-0.39, 0.29) is 39.6 Å². The van der Waals surface area contributed by atoms with Crippen molar-refractivity contribution in [1.29, 1.82) is 0 Å². The van der Waals surface area contributed by atoms with Crippen LogP contribution in [-0.4, -0.2) is 58.2 Å². The van der Waals surface area contributed by atoms with Gasteiger partial charge in [0.15, 0.2) is 9.84 Å². The number of benzene rings is 1. The second-order valence-electron chi connectivity index (χ2n) is 5.75. The molecule has 0 heterocycles. The van der Waals surface area contributed by atoms with Gasteiger partial charge in [-0.25, -0.2) is 16.8 Å². The zero-order valence-electron chi connectivity index (χ0n) is 14.6. The van der Waals surface area contributed by atoms with Crippen molar-refractivity contribution in [2.45, 2.75) is 31.7 Å². The highest BCUT2D eigenvalue weighted by Crippen LogP contribution is 2.23. The lowest BCUT2D eigenvalue weighted by Crippen LogP contribution is -2.33. The molecule has 0 aliphatic carbocycles. The molecule has 0 aliphatic heterocycles. The third-order valence-electron chi connectivity index (χ3n) is 3.73. The lowest BCUT2D eigenvalue weighted by Gasteiger charge is -2.21. The van der Waals surface area contributed by atoms with Gasteiger partial charge >= 0.3 is 0 Å². The van der Waals surface area contributed by atoms with E-state index in [9.17, 15) is 21.6 Å². The minimum atomic E-state index is -3.76. The molecule has 0 aromatic heterocycles. The van der Waals surface area contributed by atoms with Gasteiger partial charge in [-0.05, 0) is 32.0 Å². The summed E-state index contributed by atoms with van der Waals surface area (Å²) in [6, 6.07) is 3.60. The molecule has 0 unspecified atom stereocenters.